The van der Waals surface area contributed by atoms with Crippen LogP contribution in [0.15, 0.2) is 60.9 Å². The Kier molecular flexibility index (Phi) is 4.67. The molecule has 2 aromatic carbocycles. The summed E-state index contributed by atoms with van der Waals surface area (Å²) in [6.45, 7) is 9.41. The summed E-state index contributed by atoms with van der Waals surface area (Å²) < 4.78 is 4.80. The average molecular weight is 324 g/mol. The molecule has 1 heterocycles. The first-order valence-electron chi connectivity index (χ1n) is 8.54. The molecule has 0 aliphatic heterocycles. The van der Waals surface area contributed by atoms with Gasteiger partial charge in [0.2, 0.25) is 6.33 Å². The predicted molar refractivity (Wildman–Crippen MR) is 100 cm³/mol. The molecule has 0 bridgehead atoms. The van der Waals surface area contributed by atoms with E-state index in [9.17, 15) is 0 Å². The SMILES string of the molecule is C[Si](C)(C)CCCn1c[n+](Cc2ccccc2)c2ccccc21. The Morgan fingerprint density at radius 1 is 0.913 bits per heavy atom. The highest BCUT2D eigenvalue weighted by molar-refractivity contribution is 6.76. The summed E-state index contributed by atoms with van der Waals surface area (Å²) in [6.07, 6.45) is 3.57. The van der Waals surface area contributed by atoms with Crippen molar-refractivity contribution >= 4 is 19.1 Å². The van der Waals surface area contributed by atoms with Gasteiger partial charge in [0, 0.05) is 8.07 Å². The van der Waals surface area contributed by atoms with Crippen LogP contribution in [-0.4, -0.2) is 12.6 Å². The van der Waals surface area contributed by atoms with Gasteiger partial charge >= 0.3 is 0 Å². The quantitative estimate of drug-likeness (QED) is 0.459. The Morgan fingerprint density at radius 2 is 1.61 bits per heavy atom. The lowest BCUT2D eigenvalue weighted by Crippen LogP contribution is -2.32. The number of imidazole rings is 1. The third-order valence-electron chi connectivity index (χ3n) is 4.30. The van der Waals surface area contributed by atoms with E-state index in [2.05, 4.69) is 89.7 Å². The minimum atomic E-state index is -0.953. The second-order valence-electron chi connectivity index (χ2n) is 7.58. The molecule has 3 rings (SSSR count). The zero-order valence-corrected chi connectivity index (χ0v) is 15.5. The average Bonchev–Trinajstić information content (AvgIpc) is 2.86. The maximum Gasteiger partial charge on any atom is 0.245 e. The molecule has 0 saturated heterocycles. The normalized spacial score (nSPS) is 12.0. The second-order valence-corrected chi connectivity index (χ2v) is 13.2. The number of benzene rings is 2. The number of aryl methyl sites for hydroxylation is 1. The Hall–Kier alpha value is -1.87. The summed E-state index contributed by atoms with van der Waals surface area (Å²) in [5, 5.41) is 0. The van der Waals surface area contributed by atoms with Crippen molar-refractivity contribution in [2.45, 2.75) is 45.2 Å². The first-order chi connectivity index (χ1) is 11.0. The fraction of sp³-hybridized carbons (Fsp3) is 0.350. The van der Waals surface area contributed by atoms with Gasteiger partial charge in [-0.15, -0.1) is 0 Å². The standard InChI is InChI=1S/C20H27N2Si/c1-23(2,3)15-9-14-21-17-22(16-18-10-5-4-6-11-18)20-13-8-7-12-19(20)21/h4-8,10-13,17H,9,14-16H2,1-3H3/q+1. The molecule has 0 atom stereocenters. The number of para-hydroxylation sites is 2. The van der Waals surface area contributed by atoms with E-state index in [1.54, 1.807) is 0 Å². The van der Waals surface area contributed by atoms with Crippen molar-refractivity contribution in [3.63, 3.8) is 0 Å². The van der Waals surface area contributed by atoms with E-state index in [1.807, 2.05) is 0 Å². The van der Waals surface area contributed by atoms with E-state index < -0.39 is 8.07 Å². The summed E-state index contributed by atoms with van der Waals surface area (Å²) >= 11 is 0. The van der Waals surface area contributed by atoms with Crippen molar-refractivity contribution < 1.29 is 4.57 Å². The van der Waals surface area contributed by atoms with Gasteiger partial charge in [-0.25, -0.2) is 9.13 Å². The molecule has 23 heavy (non-hydrogen) atoms. The monoisotopic (exact) mass is 323 g/mol. The van der Waals surface area contributed by atoms with Crippen LogP contribution >= 0.6 is 0 Å². The molecule has 2 nitrogen and oxygen atoms in total. The Labute approximate surface area is 140 Å². The molecule has 0 N–H and O–H groups in total. The molecular weight excluding hydrogens is 296 g/mol. The molecule has 0 unspecified atom stereocenters. The molecule has 0 aliphatic rings. The number of hydrogen-bond donors (Lipinski definition) is 0. The fourth-order valence-corrected chi connectivity index (χ4v) is 4.33. The smallest absolute Gasteiger partial charge is 0.230 e. The number of nitrogens with zero attached hydrogens (tertiary/aromatic N) is 2. The zero-order chi connectivity index (χ0) is 16.3. The van der Waals surface area contributed by atoms with Crippen molar-refractivity contribution in [1.29, 1.82) is 0 Å². The zero-order valence-electron chi connectivity index (χ0n) is 14.5. The van der Waals surface area contributed by atoms with Gasteiger partial charge in [0.1, 0.15) is 6.54 Å². The lowest BCUT2D eigenvalue weighted by molar-refractivity contribution is -0.663. The maximum atomic E-state index is 2.45. The number of rotatable bonds is 6. The molecule has 0 amide bonds. The van der Waals surface area contributed by atoms with Crippen molar-refractivity contribution in [2.75, 3.05) is 0 Å². The third-order valence-corrected chi connectivity index (χ3v) is 6.15. The predicted octanol–water partition coefficient (Wildman–Crippen LogP) is 4.71. The van der Waals surface area contributed by atoms with Gasteiger partial charge in [-0.05, 0) is 24.1 Å². The lowest BCUT2D eigenvalue weighted by Gasteiger charge is -2.14. The summed E-state index contributed by atoms with van der Waals surface area (Å²) in [4.78, 5) is 0. The van der Waals surface area contributed by atoms with E-state index >= 15 is 0 Å². The Balaban J connectivity index is 1.85. The first-order valence-corrected chi connectivity index (χ1v) is 12.2. The van der Waals surface area contributed by atoms with Crippen LogP contribution in [0.25, 0.3) is 11.0 Å². The van der Waals surface area contributed by atoms with Crippen LogP contribution in [0.5, 0.6) is 0 Å². The van der Waals surface area contributed by atoms with Crippen molar-refractivity contribution in [3.8, 4) is 0 Å². The molecule has 3 heteroatoms. The highest BCUT2D eigenvalue weighted by Gasteiger charge is 2.17. The fourth-order valence-electron chi connectivity index (χ4n) is 3.11. The summed E-state index contributed by atoms with van der Waals surface area (Å²) in [5.41, 5.74) is 4.02. The highest BCUT2D eigenvalue weighted by atomic mass is 28.3. The van der Waals surface area contributed by atoms with E-state index in [4.69, 9.17) is 0 Å². The van der Waals surface area contributed by atoms with Crippen LogP contribution in [0.1, 0.15) is 12.0 Å². The maximum absolute atomic E-state index is 2.45. The third kappa shape index (κ3) is 4.11. The second kappa shape index (κ2) is 6.71. The van der Waals surface area contributed by atoms with Crippen molar-refractivity contribution in [1.82, 2.24) is 4.57 Å². The highest BCUT2D eigenvalue weighted by Crippen LogP contribution is 2.16. The van der Waals surface area contributed by atoms with Crippen LogP contribution in [0.4, 0.5) is 0 Å². The largest absolute Gasteiger partial charge is 0.245 e. The van der Waals surface area contributed by atoms with Crippen LogP contribution in [-0.2, 0) is 13.1 Å². The van der Waals surface area contributed by atoms with Gasteiger partial charge in [-0.3, -0.25) is 0 Å². The summed E-state index contributed by atoms with van der Waals surface area (Å²) in [6, 6.07) is 20.8. The summed E-state index contributed by atoms with van der Waals surface area (Å²) in [5.74, 6) is 0. The molecule has 120 valence electrons. The van der Waals surface area contributed by atoms with Crippen LogP contribution in [0, 0.1) is 0 Å². The van der Waals surface area contributed by atoms with E-state index in [0.29, 0.717) is 0 Å². The van der Waals surface area contributed by atoms with Gasteiger partial charge < -0.3 is 0 Å². The van der Waals surface area contributed by atoms with E-state index in [-0.39, 0.29) is 0 Å². The van der Waals surface area contributed by atoms with E-state index in [0.717, 1.165) is 13.1 Å². The topological polar surface area (TPSA) is 8.81 Å². The van der Waals surface area contributed by atoms with E-state index in [1.165, 1.54) is 29.1 Å². The first kappa shape index (κ1) is 16.0. The Bertz CT molecular complexity index is 769. The molecule has 0 radical (unpaired) electrons. The van der Waals surface area contributed by atoms with Gasteiger partial charge in [0.25, 0.3) is 0 Å². The molecule has 0 saturated carbocycles. The van der Waals surface area contributed by atoms with Crippen molar-refractivity contribution in [2.24, 2.45) is 0 Å². The van der Waals surface area contributed by atoms with Gasteiger partial charge in [0.15, 0.2) is 11.0 Å². The molecule has 0 fully saturated rings. The molecule has 0 spiro atoms. The molecule has 3 aromatic rings. The number of fused-ring (bicyclic) bond motifs is 1. The van der Waals surface area contributed by atoms with Crippen LogP contribution in [0.3, 0.4) is 0 Å². The number of aromatic nitrogens is 2. The van der Waals surface area contributed by atoms with Crippen molar-refractivity contribution in [3.05, 3.63) is 66.5 Å². The summed E-state index contributed by atoms with van der Waals surface area (Å²) in [7, 11) is -0.953. The van der Waals surface area contributed by atoms with Gasteiger partial charge in [-0.2, -0.15) is 0 Å². The Morgan fingerprint density at radius 3 is 2.35 bits per heavy atom. The lowest BCUT2D eigenvalue weighted by atomic mass is 10.2. The van der Waals surface area contributed by atoms with Crippen LogP contribution < -0.4 is 4.57 Å². The van der Waals surface area contributed by atoms with Crippen LogP contribution in [0.2, 0.25) is 25.7 Å². The molecular formula is C20H27N2Si+. The minimum Gasteiger partial charge on any atom is -0.230 e. The molecule has 1 aromatic heterocycles. The minimum absolute atomic E-state index is 0.933. The van der Waals surface area contributed by atoms with Gasteiger partial charge in [-0.1, -0.05) is 68.1 Å². The molecule has 0 aliphatic carbocycles. The van der Waals surface area contributed by atoms with Gasteiger partial charge in [0.05, 0.1) is 6.54 Å². The number of hydrogen-bond acceptors (Lipinski definition) is 0.